The molecule has 30 heavy (non-hydrogen) atoms. The molecule has 0 aliphatic rings. The van der Waals surface area contributed by atoms with Gasteiger partial charge in [0.25, 0.3) is 5.91 Å². The van der Waals surface area contributed by atoms with Crippen LogP contribution in [0.1, 0.15) is 34.1 Å². The molecular weight excluding hydrogens is 380 g/mol. The number of benzene rings is 2. The van der Waals surface area contributed by atoms with Crippen LogP contribution in [-0.2, 0) is 22.6 Å². The van der Waals surface area contributed by atoms with Crippen molar-refractivity contribution in [3.8, 4) is 5.75 Å². The molecule has 158 valence electrons. The van der Waals surface area contributed by atoms with Crippen molar-refractivity contribution in [2.45, 2.75) is 27.0 Å². The third-order valence-electron chi connectivity index (χ3n) is 4.75. The molecule has 1 amide bonds. The zero-order valence-electron chi connectivity index (χ0n) is 17.7. The van der Waals surface area contributed by atoms with Crippen molar-refractivity contribution >= 4 is 16.8 Å². The molecule has 3 aromatic rings. The number of fused-ring (bicyclic) bond motifs is 1. The SMILES string of the molecule is CCOCCOCc1cccc(CNC(=O)c2cc3ccc(OC)cc3nc2C)c1. The van der Waals surface area contributed by atoms with E-state index in [1.165, 1.54) is 0 Å². The fourth-order valence-electron chi connectivity index (χ4n) is 3.16. The van der Waals surface area contributed by atoms with Crippen molar-refractivity contribution in [3.05, 3.63) is 70.9 Å². The normalized spacial score (nSPS) is 10.9. The van der Waals surface area contributed by atoms with Gasteiger partial charge >= 0.3 is 0 Å². The summed E-state index contributed by atoms with van der Waals surface area (Å²) in [5, 5.41) is 3.89. The second-order valence-electron chi connectivity index (χ2n) is 6.93. The van der Waals surface area contributed by atoms with Crippen molar-refractivity contribution in [2.75, 3.05) is 26.9 Å². The Hall–Kier alpha value is -2.96. The number of aryl methyl sites for hydroxylation is 1. The molecule has 2 aromatic carbocycles. The fourth-order valence-corrected chi connectivity index (χ4v) is 3.16. The largest absolute Gasteiger partial charge is 0.497 e. The third-order valence-corrected chi connectivity index (χ3v) is 4.75. The molecule has 0 fully saturated rings. The van der Waals surface area contributed by atoms with Gasteiger partial charge in [-0.25, -0.2) is 0 Å². The van der Waals surface area contributed by atoms with Gasteiger partial charge in [0.05, 0.1) is 43.7 Å². The summed E-state index contributed by atoms with van der Waals surface area (Å²) >= 11 is 0. The maximum atomic E-state index is 12.7. The average Bonchev–Trinajstić information content (AvgIpc) is 2.76. The van der Waals surface area contributed by atoms with Gasteiger partial charge in [-0.1, -0.05) is 24.3 Å². The highest BCUT2D eigenvalue weighted by molar-refractivity contribution is 5.98. The Bertz CT molecular complexity index is 1000. The van der Waals surface area contributed by atoms with E-state index in [1.54, 1.807) is 7.11 Å². The number of hydrogen-bond acceptors (Lipinski definition) is 5. The zero-order valence-corrected chi connectivity index (χ0v) is 17.7. The summed E-state index contributed by atoms with van der Waals surface area (Å²) < 4.78 is 16.1. The number of amides is 1. The molecule has 0 aliphatic carbocycles. The second-order valence-corrected chi connectivity index (χ2v) is 6.93. The molecule has 1 heterocycles. The predicted molar refractivity (Wildman–Crippen MR) is 117 cm³/mol. The van der Waals surface area contributed by atoms with E-state index >= 15 is 0 Å². The monoisotopic (exact) mass is 408 g/mol. The fraction of sp³-hybridized carbons (Fsp3) is 0.333. The number of ether oxygens (including phenoxy) is 3. The topological polar surface area (TPSA) is 69.7 Å². The molecule has 0 aliphatic heterocycles. The molecule has 1 N–H and O–H groups in total. The first-order valence-corrected chi connectivity index (χ1v) is 10.1. The number of carbonyl (C=O) groups excluding carboxylic acids is 1. The van der Waals surface area contributed by atoms with Crippen LogP contribution in [-0.4, -0.2) is 37.8 Å². The van der Waals surface area contributed by atoms with Gasteiger partial charge < -0.3 is 19.5 Å². The molecule has 0 saturated carbocycles. The van der Waals surface area contributed by atoms with E-state index in [4.69, 9.17) is 14.2 Å². The van der Waals surface area contributed by atoms with Crippen LogP contribution >= 0.6 is 0 Å². The summed E-state index contributed by atoms with van der Waals surface area (Å²) in [6, 6.07) is 15.5. The molecule has 0 unspecified atom stereocenters. The molecular formula is C24H28N2O4. The number of pyridine rings is 1. The van der Waals surface area contributed by atoms with Crippen LogP contribution < -0.4 is 10.1 Å². The number of aromatic nitrogens is 1. The number of rotatable bonds is 10. The van der Waals surface area contributed by atoms with E-state index in [-0.39, 0.29) is 5.91 Å². The average molecular weight is 408 g/mol. The van der Waals surface area contributed by atoms with Gasteiger partial charge in [-0.2, -0.15) is 0 Å². The van der Waals surface area contributed by atoms with Crippen LogP contribution in [0.3, 0.4) is 0 Å². The summed E-state index contributed by atoms with van der Waals surface area (Å²) in [4.78, 5) is 17.3. The third kappa shape index (κ3) is 5.78. The Morgan fingerprint density at radius 2 is 1.83 bits per heavy atom. The van der Waals surface area contributed by atoms with Crippen molar-refractivity contribution in [1.82, 2.24) is 10.3 Å². The van der Waals surface area contributed by atoms with Gasteiger partial charge in [0, 0.05) is 24.6 Å². The number of nitrogens with one attached hydrogen (secondary N) is 1. The van der Waals surface area contributed by atoms with Gasteiger partial charge in [-0.05, 0) is 43.2 Å². The molecule has 0 spiro atoms. The first kappa shape index (κ1) is 21.7. The van der Waals surface area contributed by atoms with E-state index in [9.17, 15) is 4.79 Å². The van der Waals surface area contributed by atoms with E-state index in [0.29, 0.717) is 44.2 Å². The lowest BCUT2D eigenvalue weighted by atomic mass is 10.1. The van der Waals surface area contributed by atoms with Crippen LogP contribution in [0.25, 0.3) is 10.9 Å². The van der Waals surface area contributed by atoms with Gasteiger partial charge in [-0.15, -0.1) is 0 Å². The smallest absolute Gasteiger partial charge is 0.253 e. The summed E-state index contributed by atoms with van der Waals surface area (Å²) in [6.45, 7) is 6.61. The minimum absolute atomic E-state index is 0.143. The van der Waals surface area contributed by atoms with Gasteiger partial charge in [0.2, 0.25) is 0 Å². The Balaban J connectivity index is 1.61. The summed E-state index contributed by atoms with van der Waals surface area (Å²) in [6.07, 6.45) is 0. The lowest BCUT2D eigenvalue weighted by Gasteiger charge is -2.11. The lowest BCUT2D eigenvalue weighted by Crippen LogP contribution is -2.24. The molecule has 0 bridgehead atoms. The van der Waals surface area contributed by atoms with Gasteiger partial charge in [-0.3, -0.25) is 9.78 Å². The van der Waals surface area contributed by atoms with Crippen LogP contribution in [0, 0.1) is 6.92 Å². The van der Waals surface area contributed by atoms with Gasteiger partial charge in [0.15, 0.2) is 0 Å². The van der Waals surface area contributed by atoms with Gasteiger partial charge in [0.1, 0.15) is 5.75 Å². The highest BCUT2D eigenvalue weighted by Gasteiger charge is 2.12. The van der Waals surface area contributed by atoms with Crippen molar-refractivity contribution < 1.29 is 19.0 Å². The number of carbonyl (C=O) groups is 1. The molecule has 0 saturated heterocycles. The lowest BCUT2D eigenvalue weighted by molar-refractivity contribution is 0.0453. The molecule has 6 nitrogen and oxygen atoms in total. The zero-order chi connectivity index (χ0) is 21.3. The van der Waals surface area contributed by atoms with Crippen LogP contribution in [0.15, 0.2) is 48.5 Å². The summed E-state index contributed by atoms with van der Waals surface area (Å²) in [5.41, 5.74) is 4.15. The molecule has 6 heteroatoms. The summed E-state index contributed by atoms with van der Waals surface area (Å²) in [7, 11) is 1.62. The Kier molecular flexibility index (Phi) is 7.76. The highest BCUT2D eigenvalue weighted by atomic mass is 16.5. The Morgan fingerprint density at radius 1 is 1.03 bits per heavy atom. The number of nitrogens with zero attached hydrogens (tertiary/aromatic N) is 1. The minimum Gasteiger partial charge on any atom is -0.497 e. The van der Waals surface area contributed by atoms with E-state index in [0.717, 1.165) is 27.8 Å². The van der Waals surface area contributed by atoms with Crippen LogP contribution in [0.4, 0.5) is 0 Å². The molecule has 3 rings (SSSR count). The first-order valence-electron chi connectivity index (χ1n) is 10.1. The van der Waals surface area contributed by atoms with E-state index < -0.39 is 0 Å². The number of hydrogen-bond donors (Lipinski definition) is 1. The van der Waals surface area contributed by atoms with Crippen molar-refractivity contribution in [1.29, 1.82) is 0 Å². The standard InChI is InChI=1S/C24H28N2O4/c1-4-29-10-11-30-16-19-7-5-6-18(12-19)15-25-24(27)22-13-20-8-9-21(28-3)14-23(20)26-17(22)2/h5-9,12-14H,4,10-11,15-16H2,1-3H3,(H,25,27). The van der Waals surface area contributed by atoms with E-state index in [2.05, 4.69) is 10.3 Å². The maximum absolute atomic E-state index is 12.7. The quantitative estimate of drug-likeness (QED) is 0.513. The van der Waals surface area contributed by atoms with E-state index in [1.807, 2.05) is 62.4 Å². The Labute approximate surface area is 177 Å². The molecule has 0 atom stereocenters. The van der Waals surface area contributed by atoms with Crippen LogP contribution in [0.5, 0.6) is 5.75 Å². The second kappa shape index (κ2) is 10.7. The van der Waals surface area contributed by atoms with Crippen molar-refractivity contribution in [2.24, 2.45) is 0 Å². The molecule has 1 aromatic heterocycles. The highest BCUT2D eigenvalue weighted by Crippen LogP contribution is 2.21. The van der Waals surface area contributed by atoms with Crippen molar-refractivity contribution in [3.63, 3.8) is 0 Å². The molecule has 0 radical (unpaired) electrons. The summed E-state index contributed by atoms with van der Waals surface area (Å²) in [5.74, 6) is 0.601. The predicted octanol–water partition coefficient (Wildman–Crippen LogP) is 4.03. The number of methoxy groups -OCH3 is 1. The Morgan fingerprint density at radius 3 is 2.63 bits per heavy atom. The maximum Gasteiger partial charge on any atom is 0.253 e. The first-order chi connectivity index (χ1) is 14.6. The van der Waals surface area contributed by atoms with Crippen LogP contribution in [0.2, 0.25) is 0 Å². The minimum atomic E-state index is -0.143.